The normalized spacial score (nSPS) is 23.9. The van der Waals surface area contributed by atoms with Crippen molar-refractivity contribution in [3.63, 3.8) is 0 Å². The Kier molecular flexibility index (Phi) is 10.7. The van der Waals surface area contributed by atoms with Crippen molar-refractivity contribution in [3.05, 3.63) is 23.8 Å². The zero-order valence-electron chi connectivity index (χ0n) is 22.5. The molecule has 1 aromatic rings. The second-order valence-corrected chi connectivity index (χ2v) is 9.72. The van der Waals surface area contributed by atoms with Crippen molar-refractivity contribution in [1.82, 2.24) is 14.7 Å². The molecule has 206 valence electrons. The van der Waals surface area contributed by atoms with Crippen LogP contribution in [0.5, 0.6) is 5.75 Å². The van der Waals surface area contributed by atoms with Gasteiger partial charge in [-0.05, 0) is 25.1 Å². The number of nitrogens with zero attached hydrogens (tertiary/aromatic N) is 3. The molecule has 2 aliphatic rings. The van der Waals surface area contributed by atoms with Gasteiger partial charge < -0.3 is 34.1 Å². The summed E-state index contributed by atoms with van der Waals surface area (Å²) in [7, 11) is 4.76. The molecule has 0 bridgehead atoms. The van der Waals surface area contributed by atoms with Crippen LogP contribution in [0.15, 0.2) is 18.2 Å². The van der Waals surface area contributed by atoms with E-state index in [4.69, 9.17) is 18.9 Å². The molecule has 1 fully saturated rings. The van der Waals surface area contributed by atoms with Crippen molar-refractivity contribution < 1.29 is 33.3 Å². The molecule has 0 aromatic heterocycles. The maximum atomic E-state index is 13.4. The fraction of sp³-hybridized carbons (Fsp3) is 0.654. The number of morpholine rings is 1. The van der Waals surface area contributed by atoms with E-state index in [2.05, 4.69) is 10.2 Å². The van der Waals surface area contributed by atoms with Crippen molar-refractivity contribution in [1.29, 1.82) is 0 Å². The number of methoxy groups -OCH3 is 2. The fourth-order valence-corrected chi connectivity index (χ4v) is 4.57. The van der Waals surface area contributed by atoms with Crippen LogP contribution in [0.2, 0.25) is 0 Å². The molecule has 11 heteroatoms. The van der Waals surface area contributed by atoms with E-state index in [-0.39, 0.29) is 49.0 Å². The predicted molar refractivity (Wildman–Crippen MR) is 138 cm³/mol. The van der Waals surface area contributed by atoms with Gasteiger partial charge in [0, 0.05) is 59.1 Å². The van der Waals surface area contributed by atoms with Crippen LogP contribution in [0.1, 0.15) is 24.2 Å². The van der Waals surface area contributed by atoms with Gasteiger partial charge in [0.15, 0.2) is 0 Å². The number of hydrogen-bond acceptors (Lipinski definition) is 8. The largest absolute Gasteiger partial charge is 0.491 e. The molecule has 3 atom stereocenters. The highest BCUT2D eigenvalue weighted by molar-refractivity contribution is 5.99. The number of ether oxygens (including phenoxy) is 4. The zero-order valence-corrected chi connectivity index (χ0v) is 22.5. The summed E-state index contributed by atoms with van der Waals surface area (Å²) in [5, 5.41) is 2.73. The fourth-order valence-electron chi connectivity index (χ4n) is 4.57. The Hall–Kier alpha value is -2.73. The van der Waals surface area contributed by atoms with E-state index in [0.29, 0.717) is 49.8 Å². The summed E-state index contributed by atoms with van der Waals surface area (Å²) in [4.78, 5) is 44.4. The van der Waals surface area contributed by atoms with Gasteiger partial charge in [-0.3, -0.25) is 19.3 Å². The highest BCUT2D eigenvalue weighted by Crippen LogP contribution is 2.26. The van der Waals surface area contributed by atoms with Crippen LogP contribution in [-0.4, -0.2) is 125 Å². The average Bonchev–Trinajstić information content (AvgIpc) is 2.88. The molecular weight excluding hydrogens is 480 g/mol. The number of anilines is 1. The van der Waals surface area contributed by atoms with Gasteiger partial charge in [-0.25, -0.2) is 0 Å². The van der Waals surface area contributed by atoms with Gasteiger partial charge in [-0.1, -0.05) is 6.92 Å². The molecule has 37 heavy (non-hydrogen) atoms. The molecular formula is C26H40N4O7. The molecule has 1 saturated heterocycles. The van der Waals surface area contributed by atoms with Gasteiger partial charge in [0.1, 0.15) is 19.0 Å². The van der Waals surface area contributed by atoms with Crippen LogP contribution in [0.3, 0.4) is 0 Å². The van der Waals surface area contributed by atoms with Crippen molar-refractivity contribution in [3.8, 4) is 5.75 Å². The molecule has 0 spiro atoms. The van der Waals surface area contributed by atoms with E-state index >= 15 is 0 Å². The smallest absolute Gasteiger partial charge is 0.257 e. The van der Waals surface area contributed by atoms with Crippen molar-refractivity contribution in [2.24, 2.45) is 5.92 Å². The third-order valence-corrected chi connectivity index (χ3v) is 6.79. The highest BCUT2D eigenvalue weighted by atomic mass is 16.5. The Morgan fingerprint density at radius 1 is 1.14 bits per heavy atom. The Balaban J connectivity index is 1.88. The summed E-state index contributed by atoms with van der Waals surface area (Å²) < 4.78 is 22.2. The SMILES string of the molecule is COCC(=O)Nc1ccc2c(c1)C(=O)N(C)C[C@@H](OC)[C@H](C)CN(C(=O)CN1CCOCC1)[C@H](C)CO2. The zero-order chi connectivity index (χ0) is 26.9. The highest BCUT2D eigenvalue weighted by Gasteiger charge is 2.31. The number of amides is 3. The van der Waals surface area contributed by atoms with E-state index in [1.165, 1.54) is 7.11 Å². The van der Waals surface area contributed by atoms with Crippen LogP contribution in [-0.2, 0) is 23.8 Å². The molecule has 1 aromatic carbocycles. The quantitative estimate of drug-likeness (QED) is 0.590. The van der Waals surface area contributed by atoms with Gasteiger partial charge in [0.05, 0.1) is 37.5 Å². The summed E-state index contributed by atoms with van der Waals surface area (Å²) >= 11 is 0. The van der Waals surface area contributed by atoms with Gasteiger partial charge in [0.25, 0.3) is 5.91 Å². The van der Waals surface area contributed by atoms with Crippen LogP contribution < -0.4 is 10.1 Å². The third-order valence-electron chi connectivity index (χ3n) is 6.79. The van der Waals surface area contributed by atoms with Crippen LogP contribution in [0, 0.1) is 5.92 Å². The van der Waals surface area contributed by atoms with Crippen molar-refractivity contribution >= 4 is 23.4 Å². The summed E-state index contributed by atoms with van der Waals surface area (Å²) in [6.45, 7) is 7.91. The maximum Gasteiger partial charge on any atom is 0.257 e. The Morgan fingerprint density at radius 3 is 2.54 bits per heavy atom. The van der Waals surface area contributed by atoms with Gasteiger partial charge in [-0.15, -0.1) is 0 Å². The minimum Gasteiger partial charge on any atom is -0.491 e. The monoisotopic (exact) mass is 520 g/mol. The van der Waals surface area contributed by atoms with Crippen LogP contribution >= 0.6 is 0 Å². The number of benzene rings is 1. The van der Waals surface area contributed by atoms with Crippen LogP contribution in [0.25, 0.3) is 0 Å². The van der Waals surface area contributed by atoms with E-state index < -0.39 is 0 Å². The molecule has 2 aliphatic heterocycles. The predicted octanol–water partition coefficient (Wildman–Crippen LogP) is 0.936. The van der Waals surface area contributed by atoms with Crippen LogP contribution in [0.4, 0.5) is 5.69 Å². The number of rotatable bonds is 6. The number of likely N-dealkylation sites (N-methyl/N-ethyl adjacent to an activating group) is 1. The lowest BCUT2D eigenvalue weighted by molar-refractivity contribution is -0.137. The molecule has 0 radical (unpaired) electrons. The second kappa shape index (κ2) is 13.7. The van der Waals surface area contributed by atoms with E-state index in [1.807, 2.05) is 18.7 Å². The lowest BCUT2D eigenvalue weighted by Crippen LogP contribution is -2.52. The molecule has 0 aliphatic carbocycles. The third kappa shape index (κ3) is 7.88. The summed E-state index contributed by atoms with van der Waals surface area (Å²) in [6, 6.07) is 4.70. The molecule has 1 N–H and O–H groups in total. The lowest BCUT2D eigenvalue weighted by atomic mass is 10.0. The minimum atomic E-state index is -0.325. The van der Waals surface area contributed by atoms with Gasteiger partial charge in [-0.2, -0.15) is 0 Å². The second-order valence-electron chi connectivity index (χ2n) is 9.72. The molecule has 3 rings (SSSR count). The Morgan fingerprint density at radius 2 is 1.86 bits per heavy atom. The van der Waals surface area contributed by atoms with Crippen molar-refractivity contribution in [2.75, 3.05) is 85.7 Å². The number of nitrogens with one attached hydrogen (secondary N) is 1. The van der Waals surface area contributed by atoms with E-state index in [9.17, 15) is 14.4 Å². The molecule has 11 nitrogen and oxygen atoms in total. The first-order valence-electron chi connectivity index (χ1n) is 12.7. The average molecular weight is 521 g/mol. The maximum absolute atomic E-state index is 13.4. The summed E-state index contributed by atoms with van der Waals surface area (Å²) in [5.41, 5.74) is 0.782. The van der Waals surface area contributed by atoms with Gasteiger partial charge in [0.2, 0.25) is 11.8 Å². The van der Waals surface area contributed by atoms with Gasteiger partial charge >= 0.3 is 0 Å². The molecule has 3 amide bonds. The number of carbonyl (C=O) groups is 3. The Bertz CT molecular complexity index is 938. The first-order chi connectivity index (χ1) is 17.7. The molecule has 0 unspecified atom stereocenters. The first kappa shape index (κ1) is 28.8. The topological polar surface area (TPSA) is 110 Å². The van der Waals surface area contributed by atoms with E-state index in [0.717, 1.165) is 13.1 Å². The summed E-state index contributed by atoms with van der Waals surface area (Å²) in [6.07, 6.45) is -0.284. The van der Waals surface area contributed by atoms with Crippen molar-refractivity contribution in [2.45, 2.75) is 26.0 Å². The number of fused-ring (bicyclic) bond motifs is 1. The summed E-state index contributed by atoms with van der Waals surface area (Å²) in [5.74, 6) is -0.196. The standard InChI is InChI=1S/C26H40N4O7/c1-18-13-30(25(32)15-29-8-10-36-11-9-29)19(2)16-37-22-7-6-20(27-24(31)17-34-4)12-21(22)26(33)28(3)14-23(18)35-5/h6-7,12,18-19,23H,8-11,13-17H2,1-5H3,(H,27,31)/t18-,19-,23-/m1/s1. The molecule has 2 heterocycles. The lowest BCUT2D eigenvalue weighted by Gasteiger charge is -2.37. The number of carbonyl (C=O) groups excluding carboxylic acids is 3. The first-order valence-corrected chi connectivity index (χ1v) is 12.7. The van der Waals surface area contributed by atoms with E-state index in [1.54, 1.807) is 37.3 Å². The Labute approximate surface area is 218 Å². The molecule has 0 saturated carbocycles. The number of hydrogen-bond donors (Lipinski definition) is 1. The minimum absolute atomic E-state index is 0.0256.